The molecule has 1 saturated heterocycles. The van der Waals surface area contributed by atoms with Crippen LogP contribution in [0.1, 0.15) is 44.6 Å². The van der Waals surface area contributed by atoms with E-state index >= 15 is 0 Å². The first-order chi connectivity index (χ1) is 17.5. The molecule has 2 aromatic rings. The molecule has 10 nitrogen and oxygen atoms in total. The molecule has 3 rings (SSSR count). The fraction of sp³-hybridized carbons (Fsp3) is 0.462. The number of carbonyl (C=O) groups excluding carboxylic acids is 2. The zero-order valence-electron chi connectivity index (χ0n) is 20.6. The molecule has 10 heteroatoms. The van der Waals surface area contributed by atoms with E-state index in [2.05, 4.69) is 20.9 Å². The van der Waals surface area contributed by atoms with Gasteiger partial charge in [-0.3, -0.25) is 24.7 Å². The van der Waals surface area contributed by atoms with E-state index in [1.165, 1.54) is 0 Å². The average molecular weight is 498 g/mol. The van der Waals surface area contributed by atoms with Crippen molar-refractivity contribution in [1.29, 1.82) is 0 Å². The number of rotatable bonds is 14. The molecule has 2 amide bonds. The van der Waals surface area contributed by atoms with Crippen LogP contribution in [0.5, 0.6) is 5.75 Å². The van der Waals surface area contributed by atoms with Crippen LogP contribution in [-0.2, 0) is 20.8 Å². The fourth-order valence-electron chi connectivity index (χ4n) is 4.05. The number of likely N-dealkylation sites (N-methyl/N-ethyl adjacent to an activating group) is 1. The van der Waals surface area contributed by atoms with E-state index in [-0.39, 0.29) is 30.8 Å². The molecule has 1 aromatic heterocycles. The Morgan fingerprint density at radius 3 is 2.67 bits per heavy atom. The number of carboxylic acid groups (broad SMARTS) is 1. The largest absolute Gasteiger partial charge is 0.494 e. The van der Waals surface area contributed by atoms with Crippen molar-refractivity contribution in [2.45, 2.75) is 57.8 Å². The van der Waals surface area contributed by atoms with Crippen molar-refractivity contribution in [3.8, 4) is 5.75 Å². The van der Waals surface area contributed by atoms with Crippen LogP contribution in [0.15, 0.2) is 48.8 Å². The maximum Gasteiger partial charge on any atom is 0.303 e. The van der Waals surface area contributed by atoms with Gasteiger partial charge in [0.05, 0.1) is 12.8 Å². The van der Waals surface area contributed by atoms with Crippen molar-refractivity contribution >= 4 is 23.5 Å². The lowest BCUT2D eigenvalue weighted by molar-refractivity contribution is -0.138. The smallest absolute Gasteiger partial charge is 0.303 e. The van der Waals surface area contributed by atoms with Crippen LogP contribution in [0.3, 0.4) is 0 Å². The molecule has 0 radical (unpaired) electrons. The number of carbonyl (C=O) groups is 3. The predicted molar refractivity (Wildman–Crippen MR) is 135 cm³/mol. The predicted octanol–water partition coefficient (Wildman–Crippen LogP) is 2.37. The standard InChI is InChI=1S/C26H35N5O5/c1-2-31(22-7-4-16-28-22)26(35)25(30-23(32)14-9-19-6-3-15-27-18-19)29-20-10-12-21(13-11-20)36-17-5-8-24(33)34/h3,6,10-13,15,18,22,25,28-29H,2,4-5,7-9,14,16-17H2,1H3,(H,30,32)(H,33,34). The molecule has 2 atom stereocenters. The van der Waals surface area contributed by atoms with Crippen LogP contribution < -0.4 is 20.7 Å². The molecule has 0 spiro atoms. The zero-order chi connectivity index (χ0) is 25.8. The Morgan fingerprint density at radius 1 is 1.22 bits per heavy atom. The summed E-state index contributed by atoms with van der Waals surface area (Å²) in [6.45, 7) is 3.60. The Hall–Kier alpha value is -3.66. The first kappa shape index (κ1) is 26.9. The Morgan fingerprint density at radius 2 is 2.03 bits per heavy atom. The molecule has 1 aromatic carbocycles. The van der Waals surface area contributed by atoms with E-state index in [9.17, 15) is 14.4 Å². The van der Waals surface area contributed by atoms with Crippen LogP contribution in [0.4, 0.5) is 5.69 Å². The van der Waals surface area contributed by atoms with Gasteiger partial charge >= 0.3 is 5.97 Å². The van der Waals surface area contributed by atoms with Crippen LogP contribution in [0.25, 0.3) is 0 Å². The number of aromatic nitrogens is 1. The number of benzene rings is 1. The molecule has 0 bridgehead atoms. The molecule has 2 unspecified atom stereocenters. The number of carboxylic acids is 1. The monoisotopic (exact) mass is 497 g/mol. The Bertz CT molecular complexity index is 980. The molecule has 1 fully saturated rings. The number of nitrogens with one attached hydrogen (secondary N) is 3. The maximum absolute atomic E-state index is 13.5. The van der Waals surface area contributed by atoms with Gasteiger partial charge in [-0.15, -0.1) is 0 Å². The Labute approximate surface area is 211 Å². The second kappa shape index (κ2) is 14.0. The van der Waals surface area contributed by atoms with Gasteiger partial charge in [-0.2, -0.15) is 0 Å². The minimum Gasteiger partial charge on any atom is -0.494 e. The minimum absolute atomic E-state index is 0.0493. The lowest BCUT2D eigenvalue weighted by Gasteiger charge is -2.32. The fourth-order valence-corrected chi connectivity index (χ4v) is 4.05. The van der Waals surface area contributed by atoms with Gasteiger partial charge in [0.1, 0.15) is 5.75 Å². The lowest BCUT2D eigenvalue weighted by Crippen LogP contribution is -2.57. The van der Waals surface area contributed by atoms with Gasteiger partial charge in [-0.1, -0.05) is 6.07 Å². The van der Waals surface area contributed by atoms with Crippen LogP contribution >= 0.6 is 0 Å². The van der Waals surface area contributed by atoms with Crippen molar-refractivity contribution in [3.05, 3.63) is 54.4 Å². The van der Waals surface area contributed by atoms with E-state index < -0.39 is 12.1 Å². The SMILES string of the molecule is CCN(C(=O)C(NC(=O)CCc1cccnc1)Nc1ccc(OCCCC(=O)O)cc1)C1CCCN1. The molecular formula is C26H35N5O5. The van der Waals surface area contributed by atoms with Gasteiger partial charge in [0.2, 0.25) is 5.91 Å². The van der Waals surface area contributed by atoms with Gasteiger partial charge in [-0.25, -0.2) is 0 Å². The van der Waals surface area contributed by atoms with Crippen molar-refractivity contribution < 1.29 is 24.2 Å². The summed E-state index contributed by atoms with van der Waals surface area (Å²) in [5, 5.41) is 18.1. The van der Waals surface area contributed by atoms with Crippen molar-refractivity contribution in [2.24, 2.45) is 0 Å². The van der Waals surface area contributed by atoms with E-state index in [4.69, 9.17) is 9.84 Å². The molecule has 1 aliphatic rings. The van der Waals surface area contributed by atoms with Crippen molar-refractivity contribution in [3.63, 3.8) is 0 Å². The summed E-state index contributed by atoms with van der Waals surface area (Å²) in [5.41, 5.74) is 1.60. The maximum atomic E-state index is 13.5. The van der Waals surface area contributed by atoms with Gasteiger partial charge in [0, 0.05) is 37.5 Å². The number of pyridine rings is 1. The van der Waals surface area contributed by atoms with Gasteiger partial charge in [0.25, 0.3) is 5.91 Å². The molecule has 194 valence electrons. The first-order valence-electron chi connectivity index (χ1n) is 12.4. The highest BCUT2D eigenvalue weighted by Crippen LogP contribution is 2.18. The van der Waals surface area contributed by atoms with Crippen LogP contribution in [0, 0.1) is 0 Å². The topological polar surface area (TPSA) is 133 Å². The summed E-state index contributed by atoms with van der Waals surface area (Å²) < 4.78 is 5.58. The normalized spacial score (nSPS) is 15.6. The summed E-state index contributed by atoms with van der Waals surface area (Å²) in [4.78, 5) is 42.7. The number of hydrogen-bond acceptors (Lipinski definition) is 7. The lowest BCUT2D eigenvalue weighted by atomic mass is 10.1. The number of hydrogen-bond donors (Lipinski definition) is 4. The second-order valence-corrected chi connectivity index (χ2v) is 8.61. The minimum atomic E-state index is -0.934. The first-order valence-corrected chi connectivity index (χ1v) is 12.4. The quantitative estimate of drug-likeness (QED) is 0.231. The number of aliphatic carboxylic acids is 1. The average Bonchev–Trinajstić information content (AvgIpc) is 3.41. The molecule has 36 heavy (non-hydrogen) atoms. The summed E-state index contributed by atoms with van der Waals surface area (Å²) in [7, 11) is 0. The number of ether oxygens (including phenoxy) is 1. The summed E-state index contributed by atoms with van der Waals surface area (Å²) in [6, 6.07) is 10.7. The van der Waals surface area contributed by atoms with Gasteiger partial charge in [0.15, 0.2) is 6.17 Å². The Balaban J connectivity index is 1.64. The van der Waals surface area contributed by atoms with Crippen LogP contribution in [-0.4, -0.2) is 64.8 Å². The number of aryl methyl sites for hydroxylation is 1. The highest BCUT2D eigenvalue weighted by Gasteiger charge is 2.31. The third-order valence-electron chi connectivity index (χ3n) is 5.92. The molecular weight excluding hydrogens is 462 g/mol. The number of amides is 2. The third kappa shape index (κ3) is 8.53. The number of nitrogens with zero attached hydrogens (tertiary/aromatic N) is 2. The van der Waals surface area contributed by atoms with Crippen molar-refractivity contribution in [2.75, 3.05) is 25.0 Å². The van der Waals surface area contributed by atoms with E-state index in [0.29, 0.717) is 37.4 Å². The summed E-state index contributed by atoms with van der Waals surface area (Å²) in [6.07, 6.45) is 5.51. The molecule has 0 aliphatic carbocycles. The summed E-state index contributed by atoms with van der Waals surface area (Å²) in [5.74, 6) is -0.705. The number of anilines is 1. The highest BCUT2D eigenvalue weighted by molar-refractivity contribution is 5.89. The van der Waals surface area contributed by atoms with E-state index in [0.717, 1.165) is 24.9 Å². The molecule has 1 aliphatic heterocycles. The second-order valence-electron chi connectivity index (χ2n) is 8.61. The van der Waals surface area contributed by atoms with Gasteiger partial charge < -0.3 is 25.4 Å². The molecule has 0 saturated carbocycles. The summed E-state index contributed by atoms with van der Waals surface area (Å²) >= 11 is 0. The van der Waals surface area contributed by atoms with E-state index in [1.54, 1.807) is 41.6 Å². The molecule has 2 heterocycles. The van der Waals surface area contributed by atoms with Crippen molar-refractivity contribution in [1.82, 2.24) is 20.5 Å². The van der Waals surface area contributed by atoms with E-state index in [1.807, 2.05) is 19.1 Å². The highest BCUT2D eigenvalue weighted by atomic mass is 16.5. The zero-order valence-corrected chi connectivity index (χ0v) is 20.6. The van der Waals surface area contributed by atoms with Crippen LogP contribution in [0.2, 0.25) is 0 Å². The third-order valence-corrected chi connectivity index (χ3v) is 5.92. The molecule has 4 N–H and O–H groups in total. The Kier molecular flexibility index (Phi) is 10.5. The van der Waals surface area contributed by atoms with Gasteiger partial charge in [-0.05, 0) is 75.0 Å².